The normalized spacial score (nSPS) is 20.2. The molecule has 2 aliphatic heterocycles. The number of nitrogens with one attached hydrogen (secondary N) is 1. The predicted molar refractivity (Wildman–Crippen MR) is 95.8 cm³/mol. The fraction of sp³-hybridized carbons (Fsp3) is 0.263. The number of hydrogen-bond donors (Lipinski definition) is 1. The highest BCUT2D eigenvalue weighted by molar-refractivity contribution is 5.94. The molecule has 0 aliphatic carbocycles. The van der Waals surface area contributed by atoms with E-state index in [9.17, 15) is 14.4 Å². The molecule has 0 bridgehead atoms. The van der Waals surface area contributed by atoms with E-state index in [-0.39, 0.29) is 25.1 Å². The number of nitrogens with zero attached hydrogens (tertiary/aromatic N) is 2. The molecular weight excluding hydrogens is 350 g/mol. The van der Waals surface area contributed by atoms with Crippen molar-refractivity contribution in [1.29, 1.82) is 0 Å². The molecule has 1 aromatic carbocycles. The number of anilines is 1. The number of amides is 2. The van der Waals surface area contributed by atoms with E-state index in [1.807, 2.05) is 12.1 Å². The molecule has 27 heavy (non-hydrogen) atoms. The van der Waals surface area contributed by atoms with Gasteiger partial charge in [0.2, 0.25) is 5.91 Å². The van der Waals surface area contributed by atoms with Crippen LogP contribution in [0.5, 0.6) is 5.75 Å². The molecule has 1 fully saturated rings. The monoisotopic (exact) mass is 367 g/mol. The van der Waals surface area contributed by atoms with Gasteiger partial charge < -0.3 is 14.8 Å². The van der Waals surface area contributed by atoms with Crippen LogP contribution in [0.25, 0.3) is 11.1 Å². The van der Waals surface area contributed by atoms with E-state index >= 15 is 0 Å². The Morgan fingerprint density at radius 2 is 2.15 bits per heavy atom. The van der Waals surface area contributed by atoms with Crippen LogP contribution in [0.1, 0.15) is 17.4 Å². The average molecular weight is 367 g/mol. The largest absolute Gasteiger partial charge is 0.489 e. The zero-order valence-corrected chi connectivity index (χ0v) is 14.5. The van der Waals surface area contributed by atoms with Crippen molar-refractivity contribution in [3.63, 3.8) is 0 Å². The van der Waals surface area contributed by atoms with E-state index in [0.717, 1.165) is 11.1 Å². The van der Waals surface area contributed by atoms with Gasteiger partial charge in [0.1, 0.15) is 30.2 Å². The maximum absolute atomic E-state index is 12.3. The number of carbonyl (C=O) groups is 3. The number of ether oxygens (including phenoxy) is 2. The number of aldehydes is 1. The molecule has 1 N–H and O–H groups in total. The second-order valence-corrected chi connectivity index (χ2v) is 6.38. The standard InChI is InChI=1S/C19H17N3O5/c1-11(24)20-8-18-16-10-26-17-6-12(13-2-4-14(9-23)21-7-13)3-5-15(17)22(16)19(25)27-18/h2-7,9,16,18H,8,10H2,1H3,(H,20,24). The summed E-state index contributed by atoms with van der Waals surface area (Å²) in [5.41, 5.74) is 2.68. The average Bonchev–Trinajstić information content (AvgIpc) is 3.02. The molecule has 0 saturated carbocycles. The molecule has 8 heteroatoms. The number of carbonyl (C=O) groups excluding carboxylic acids is 3. The summed E-state index contributed by atoms with van der Waals surface area (Å²) in [6.45, 7) is 1.93. The van der Waals surface area contributed by atoms with Gasteiger partial charge in [0, 0.05) is 18.7 Å². The Kier molecular flexibility index (Phi) is 4.23. The van der Waals surface area contributed by atoms with Gasteiger partial charge >= 0.3 is 6.09 Å². The van der Waals surface area contributed by atoms with Crippen molar-refractivity contribution in [3.05, 3.63) is 42.2 Å². The highest BCUT2D eigenvalue weighted by atomic mass is 16.6. The van der Waals surface area contributed by atoms with Gasteiger partial charge in [-0.2, -0.15) is 0 Å². The molecule has 2 unspecified atom stereocenters. The van der Waals surface area contributed by atoms with E-state index in [1.54, 1.807) is 29.3 Å². The molecule has 0 spiro atoms. The topological polar surface area (TPSA) is 97.8 Å². The molecule has 8 nitrogen and oxygen atoms in total. The summed E-state index contributed by atoms with van der Waals surface area (Å²) in [6, 6.07) is 8.64. The Hall–Kier alpha value is -3.42. The highest BCUT2D eigenvalue weighted by Crippen LogP contribution is 2.40. The third-order valence-corrected chi connectivity index (χ3v) is 4.63. The van der Waals surface area contributed by atoms with Gasteiger partial charge in [-0.3, -0.25) is 19.5 Å². The third-order valence-electron chi connectivity index (χ3n) is 4.63. The quantitative estimate of drug-likeness (QED) is 0.828. The van der Waals surface area contributed by atoms with Crippen LogP contribution in [0.4, 0.5) is 10.5 Å². The molecule has 2 amide bonds. The van der Waals surface area contributed by atoms with Crippen molar-refractivity contribution in [2.45, 2.75) is 19.1 Å². The zero-order chi connectivity index (χ0) is 19.0. The van der Waals surface area contributed by atoms with E-state index in [2.05, 4.69) is 10.3 Å². The molecule has 3 heterocycles. The minimum Gasteiger partial charge on any atom is -0.489 e. The van der Waals surface area contributed by atoms with Crippen molar-refractivity contribution in [3.8, 4) is 16.9 Å². The van der Waals surface area contributed by atoms with Crippen molar-refractivity contribution in [1.82, 2.24) is 10.3 Å². The lowest BCUT2D eigenvalue weighted by Crippen LogP contribution is -2.47. The Morgan fingerprint density at radius 3 is 2.85 bits per heavy atom. The summed E-state index contributed by atoms with van der Waals surface area (Å²) in [5, 5.41) is 2.67. The summed E-state index contributed by atoms with van der Waals surface area (Å²) >= 11 is 0. The maximum atomic E-state index is 12.3. The van der Waals surface area contributed by atoms with Gasteiger partial charge in [0.25, 0.3) is 0 Å². The SMILES string of the molecule is CC(=O)NCC1OC(=O)N2c3ccc(-c4ccc(C=O)nc4)cc3OCC12. The number of cyclic esters (lactones) is 1. The van der Waals surface area contributed by atoms with Crippen LogP contribution in [-0.2, 0) is 9.53 Å². The minimum atomic E-state index is -0.464. The minimum absolute atomic E-state index is 0.180. The van der Waals surface area contributed by atoms with Gasteiger partial charge in [-0.1, -0.05) is 12.1 Å². The molecule has 2 aromatic rings. The first-order valence-corrected chi connectivity index (χ1v) is 8.49. The van der Waals surface area contributed by atoms with Crippen molar-refractivity contribution in [2.75, 3.05) is 18.1 Å². The van der Waals surface area contributed by atoms with Gasteiger partial charge in [-0.05, 0) is 23.8 Å². The first-order chi connectivity index (χ1) is 13.1. The lowest BCUT2D eigenvalue weighted by molar-refractivity contribution is -0.119. The van der Waals surface area contributed by atoms with Crippen LogP contribution in [0.3, 0.4) is 0 Å². The van der Waals surface area contributed by atoms with Crippen molar-refractivity contribution in [2.24, 2.45) is 0 Å². The number of pyridine rings is 1. The third kappa shape index (κ3) is 3.10. The van der Waals surface area contributed by atoms with Gasteiger partial charge in [-0.25, -0.2) is 4.79 Å². The molecule has 2 aliphatic rings. The predicted octanol–water partition coefficient (Wildman–Crippen LogP) is 1.78. The Balaban J connectivity index is 1.60. The summed E-state index contributed by atoms with van der Waals surface area (Å²) < 4.78 is 11.3. The van der Waals surface area contributed by atoms with Gasteiger partial charge in [0.15, 0.2) is 6.29 Å². The molecule has 1 saturated heterocycles. The smallest absolute Gasteiger partial charge is 0.415 e. The van der Waals surface area contributed by atoms with Crippen LogP contribution in [0.15, 0.2) is 36.5 Å². The molecule has 0 radical (unpaired) electrons. The van der Waals surface area contributed by atoms with Gasteiger partial charge in [0.05, 0.1) is 12.2 Å². The Morgan fingerprint density at radius 1 is 1.33 bits per heavy atom. The first kappa shape index (κ1) is 17.0. The Bertz CT molecular complexity index is 912. The molecule has 2 atom stereocenters. The summed E-state index contributed by atoms with van der Waals surface area (Å²) in [6.07, 6.45) is 1.39. The van der Waals surface area contributed by atoms with Crippen LogP contribution in [0.2, 0.25) is 0 Å². The van der Waals surface area contributed by atoms with E-state index in [0.29, 0.717) is 23.4 Å². The van der Waals surface area contributed by atoms with Crippen LogP contribution < -0.4 is 15.0 Å². The lowest BCUT2D eigenvalue weighted by atomic mass is 10.0. The molecule has 1 aromatic heterocycles. The van der Waals surface area contributed by atoms with Crippen molar-refractivity contribution >= 4 is 24.0 Å². The summed E-state index contributed by atoms with van der Waals surface area (Å²) in [5.74, 6) is 0.390. The van der Waals surface area contributed by atoms with Crippen molar-refractivity contribution < 1.29 is 23.9 Å². The molecular formula is C19H17N3O5. The number of benzene rings is 1. The van der Waals surface area contributed by atoms with Crippen LogP contribution >= 0.6 is 0 Å². The van der Waals surface area contributed by atoms with Crippen LogP contribution in [0, 0.1) is 0 Å². The van der Waals surface area contributed by atoms with Gasteiger partial charge in [-0.15, -0.1) is 0 Å². The molecule has 138 valence electrons. The number of aromatic nitrogens is 1. The second kappa shape index (κ2) is 6.71. The summed E-state index contributed by atoms with van der Waals surface area (Å²) in [7, 11) is 0. The maximum Gasteiger partial charge on any atom is 0.415 e. The number of rotatable bonds is 4. The van der Waals surface area contributed by atoms with E-state index in [1.165, 1.54) is 6.92 Å². The summed E-state index contributed by atoms with van der Waals surface area (Å²) in [4.78, 5) is 39.9. The zero-order valence-electron chi connectivity index (χ0n) is 14.5. The van der Waals surface area contributed by atoms with E-state index in [4.69, 9.17) is 9.47 Å². The fourth-order valence-electron chi connectivity index (χ4n) is 3.28. The molecule has 4 rings (SSSR count). The second-order valence-electron chi connectivity index (χ2n) is 6.38. The lowest BCUT2D eigenvalue weighted by Gasteiger charge is -2.31. The highest BCUT2D eigenvalue weighted by Gasteiger charge is 2.46. The first-order valence-electron chi connectivity index (χ1n) is 8.49. The van der Waals surface area contributed by atoms with Crippen LogP contribution in [-0.4, -0.2) is 48.6 Å². The number of fused-ring (bicyclic) bond motifs is 3. The number of hydrogen-bond acceptors (Lipinski definition) is 6. The van der Waals surface area contributed by atoms with E-state index < -0.39 is 12.2 Å². The fourth-order valence-corrected chi connectivity index (χ4v) is 3.28. The Labute approximate surface area is 155 Å².